The molecular formula is C16H22N2O6S. The lowest BCUT2D eigenvalue weighted by Crippen LogP contribution is -2.30. The van der Waals surface area contributed by atoms with E-state index >= 15 is 0 Å². The lowest BCUT2D eigenvalue weighted by Gasteiger charge is -2.14. The maximum atomic E-state index is 11.6. The van der Waals surface area contributed by atoms with Crippen molar-refractivity contribution in [2.75, 3.05) is 13.7 Å². The van der Waals surface area contributed by atoms with Crippen LogP contribution in [0.2, 0.25) is 0 Å². The van der Waals surface area contributed by atoms with Gasteiger partial charge in [-0.05, 0) is 24.6 Å². The number of aromatic nitrogens is 1. The number of ether oxygens (including phenoxy) is 1. The Morgan fingerprint density at radius 1 is 1.32 bits per heavy atom. The third-order valence-electron chi connectivity index (χ3n) is 3.13. The van der Waals surface area contributed by atoms with Gasteiger partial charge in [-0.25, -0.2) is 4.57 Å². The van der Waals surface area contributed by atoms with Crippen molar-refractivity contribution in [2.24, 2.45) is 12.0 Å². The van der Waals surface area contributed by atoms with Crippen molar-refractivity contribution in [3.05, 3.63) is 36.5 Å². The monoisotopic (exact) mass is 370 g/mol. The van der Waals surface area contributed by atoms with Crippen LogP contribution in [0.1, 0.15) is 19.8 Å². The van der Waals surface area contributed by atoms with Crippen molar-refractivity contribution in [1.82, 2.24) is 0 Å². The van der Waals surface area contributed by atoms with Crippen LogP contribution in [-0.4, -0.2) is 32.7 Å². The summed E-state index contributed by atoms with van der Waals surface area (Å²) in [6.07, 6.45) is 3.32. The zero-order valence-electron chi connectivity index (χ0n) is 14.4. The molecule has 0 unspecified atom stereocenters. The molecule has 0 fully saturated rings. The first kappa shape index (κ1) is 20.8. The van der Waals surface area contributed by atoms with E-state index in [1.165, 1.54) is 0 Å². The Balaban J connectivity index is 0.000000450. The predicted molar refractivity (Wildman–Crippen MR) is 91.5 cm³/mol. The van der Waals surface area contributed by atoms with E-state index in [9.17, 15) is 13.5 Å². The second kappa shape index (κ2) is 9.92. The predicted octanol–water partition coefficient (Wildman–Crippen LogP) is 0.995. The van der Waals surface area contributed by atoms with Crippen molar-refractivity contribution < 1.29 is 31.6 Å². The minimum absolute atomic E-state index is 0.520. The highest BCUT2D eigenvalue weighted by atomic mass is 32.3. The molecule has 0 aliphatic rings. The molecule has 9 heteroatoms. The first-order chi connectivity index (χ1) is 11.8. The number of benzene rings is 1. The van der Waals surface area contributed by atoms with Crippen LogP contribution in [0.15, 0.2) is 41.5 Å². The number of hydrogen-bond donors (Lipinski definition) is 1. The highest BCUT2D eigenvalue weighted by Crippen LogP contribution is 2.21. The number of unbranched alkanes of at least 4 members (excludes halogenated alkanes) is 1. The summed E-state index contributed by atoms with van der Waals surface area (Å²) in [5.41, 5.74) is 0.893. The molecule has 0 aliphatic carbocycles. The number of para-hydroxylation sites is 1. The number of nitrogens with zero attached hydrogens (tertiary/aromatic N) is 2. The zero-order valence-corrected chi connectivity index (χ0v) is 15.2. The number of rotatable bonds is 5. The van der Waals surface area contributed by atoms with E-state index in [-0.39, 0.29) is 0 Å². The van der Waals surface area contributed by atoms with Gasteiger partial charge in [0, 0.05) is 18.0 Å². The molecule has 0 spiro atoms. The molecule has 1 N–H and O–H groups in total. The topological polar surface area (TPSA) is 112 Å². The Bertz CT molecular complexity index is 815. The Morgan fingerprint density at radius 3 is 2.56 bits per heavy atom. The van der Waals surface area contributed by atoms with E-state index in [0.717, 1.165) is 30.9 Å². The Labute approximate surface area is 147 Å². The molecule has 1 heterocycles. The smallest absolute Gasteiger partial charge is 0.397 e. The third-order valence-corrected chi connectivity index (χ3v) is 3.55. The molecule has 2 rings (SSSR count). The largest absolute Gasteiger partial charge is 0.560 e. The van der Waals surface area contributed by atoms with Gasteiger partial charge in [0.25, 0.3) is 0 Å². The SMILES string of the molecule is CCCCN=C([O-])Oc1cccc2ccc[n+](C)c12.COS(=O)(=O)O. The van der Waals surface area contributed by atoms with E-state index in [0.29, 0.717) is 12.3 Å². The first-order valence-corrected chi connectivity index (χ1v) is 8.94. The number of aliphatic imine (C=N–C) groups is 1. The zero-order chi connectivity index (χ0) is 18.9. The summed E-state index contributed by atoms with van der Waals surface area (Å²) in [6.45, 7) is 2.58. The van der Waals surface area contributed by atoms with Gasteiger partial charge in [-0.3, -0.25) is 13.7 Å². The van der Waals surface area contributed by atoms with E-state index < -0.39 is 16.5 Å². The highest BCUT2D eigenvalue weighted by molar-refractivity contribution is 7.80. The second-order valence-corrected chi connectivity index (χ2v) is 6.20. The average Bonchev–Trinajstić information content (AvgIpc) is 2.55. The van der Waals surface area contributed by atoms with Gasteiger partial charge in [0.1, 0.15) is 13.1 Å². The van der Waals surface area contributed by atoms with Gasteiger partial charge in [-0.1, -0.05) is 19.4 Å². The lowest BCUT2D eigenvalue weighted by molar-refractivity contribution is -0.645. The first-order valence-electron chi connectivity index (χ1n) is 7.58. The number of aryl methyl sites for hydroxylation is 1. The molecule has 0 aliphatic heterocycles. The standard InChI is InChI=1S/C15H18N2O2.CH4O4S/c1-3-4-10-16-15(18)19-13-9-5-7-12-8-6-11-17(2)14(12)13;1-5-6(2,3)4/h5-9,11H,3-4,10H2,1-2H3;1H3,(H,2,3,4). The third kappa shape index (κ3) is 7.46. The fourth-order valence-corrected chi connectivity index (χ4v) is 1.94. The Morgan fingerprint density at radius 2 is 1.96 bits per heavy atom. The summed E-state index contributed by atoms with van der Waals surface area (Å²) in [7, 11) is -1.37. The highest BCUT2D eigenvalue weighted by Gasteiger charge is 2.07. The van der Waals surface area contributed by atoms with Crippen molar-refractivity contribution in [1.29, 1.82) is 0 Å². The van der Waals surface area contributed by atoms with E-state index in [2.05, 4.69) is 16.1 Å². The van der Waals surface area contributed by atoms with Crippen LogP contribution >= 0.6 is 0 Å². The van der Waals surface area contributed by atoms with Crippen LogP contribution < -0.4 is 14.4 Å². The summed E-state index contributed by atoms with van der Waals surface area (Å²) in [4.78, 5) is 3.88. The fourth-order valence-electron chi connectivity index (χ4n) is 1.94. The van der Waals surface area contributed by atoms with E-state index in [4.69, 9.17) is 9.29 Å². The molecule has 0 atom stereocenters. The molecule has 0 saturated carbocycles. The van der Waals surface area contributed by atoms with E-state index in [1.54, 1.807) is 6.07 Å². The molecule has 0 radical (unpaired) electrons. The Hall–Kier alpha value is -2.23. The van der Waals surface area contributed by atoms with E-state index in [1.807, 2.05) is 42.1 Å². The van der Waals surface area contributed by atoms with Crippen LogP contribution in [0.3, 0.4) is 0 Å². The van der Waals surface area contributed by atoms with Gasteiger partial charge < -0.3 is 9.84 Å². The minimum Gasteiger partial charge on any atom is -0.560 e. The van der Waals surface area contributed by atoms with Crippen molar-refractivity contribution in [3.8, 4) is 5.75 Å². The van der Waals surface area contributed by atoms with Crippen LogP contribution in [0, 0.1) is 0 Å². The molecule has 25 heavy (non-hydrogen) atoms. The van der Waals surface area contributed by atoms with Crippen LogP contribution in [0.25, 0.3) is 10.9 Å². The Kier molecular flexibility index (Phi) is 8.26. The summed E-state index contributed by atoms with van der Waals surface area (Å²) < 4.78 is 37.0. The normalized spacial score (nSPS) is 11.8. The van der Waals surface area contributed by atoms with Gasteiger partial charge in [-0.2, -0.15) is 8.42 Å². The molecule has 0 saturated heterocycles. The number of fused-ring (bicyclic) bond motifs is 1. The van der Waals surface area contributed by atoms with Gasteiger partial charge in [0.05, 0.1) is 12.9 Å². The number of hydrogen-bond acceptors (Lipinski definition) is 6. The maximum Gasteiger partial charge on any atom is 0.397 e. The van der Waals surface area contributed by atoms with Crippen molar-refractivity contribution >= 4 is 27.4 Å². The molecule has 1 aromatic carbocycles. The van der Waals surface area contributed by atoms with Crippen LogP contribution in [0.5, 0.6) is 5.75 Å². The maximum absolute atomic E-state index is 11.6. The fraction of sp³-hybridized carbons (Fsp3) is 0.375. The molecule has 138 valence electrons. The second-order valence-electron chi connectivity index (χ2n) is 5.01. The van der Waals surface area contributed by atoms with Crippen molar-refractivity contribution in [3.63, 3.8) is 0 Å². The van der Waals surface area contributed by atoms with Gasteiger partial charge in [0.2, 0.25) is 5.52 Å². The summed E-state index contributed by atoms with van der Waals surface area (Å²) in [6, 6.07) is 9.59. The molecule has 0 amide bonds. The molecular weight excluding hydrogens is 348 g/mol. The average molecular weight is 370 g/mol. The molecule has 0 bridgehead atoms. The lowest BCUT2D eigenvalue weighted by atomic mass is 10.2. The summed E-state index contributed by atoms with van der Waals surface area (Å²) in [5.74, 6) is 0.547. The van der Waals surface area contributed by atoms with Gasteiger partial charge in [-0.15, -0.1) is 0 Å². The molecule has 2 aromatic rings. The number of pyridine rings is 1. The molecule has 1 aromatic heterocycles. The van der Waals surface area contributed by atoms with Gasteiger partial charge >= 0.3 is 10.4 Å². The summed E-state index contributed by atoms with van der Waals surface area (Å²) in [5, 5.41) is 12.7. The van der Waals surface area contributed by atoms with Crippen LogP contribution in [-0.2, 0) is 21.6 Å². The summed E-state index contributed by atoms with van der Waals surface area (Å²) >= 11 is 0. The van der Waals surface area contributed by atoms with Crippen LogP contribution in [0.4, 0.5) is 0 Å². The van der Waals surface area contributed by atoms with Gasteiger partial charge in [0.15, 0.2) is 6.20 Å². The quantitative estimate of drug-likeness (QED) is 0.276. The van der Waals surface area contributed by atoms with Crippen molar-refractivity contribution in [2.45, 2.75) is 19.8 Å². The molecule has 8 nitrogen and oxygen atoms in total. The minimum atomic E-state index is -4.16.